The lowest BCUT2D eigenvalue weighted by Crippen LogP contribution is -2.51. The minimum absolute atomic E-state index is 0.214. The van der Waals surface area contributed by atoms with Crippen molar-refractivity contribution < 1.29 is 19.4 Å². The van der Waals surface area contributed by atoms with E-state index in [1.807, 2.05) is 6.07 Å². The number of carboxylic acid groups (broad SMARTS) is 1. The van der Waals surface area contributed by atoms with Gasteiger partial charge in [-0.25, -0.2) is 4.79 Å². The molecule has 5 heteroatoms. The van der Waals surface area contributed by atoms with Crippen molar-refractivity contribution in [3.63, 3.8) is 0 Å². The molecule has 0 unspecified atom stereocenters. The van der Waals surface area contributed by atoms with E-state index in [4.69, 9.17) is 4.74 Å². The average Bonchev–Trinajstić information content (AvgIpc) is 2.41. The molecule has 1 saturated heterocycles. The summed E-state index contributed by atoms with van der Waals surface area (Å²) in [5.74, 6) is -1.30. The molecule has 5 nitrogen and oxygen atoms in total. The Morgan fingerprint density at radius 1 is 1.47 bits per heavy atom. The van der Waals surface area contributed by atoms with Crippen LogP contribution >= 0.6 is 0 Å². The van der Waals surface area contributed by atoms with E-state index in [-0.39, 0.29) is 12.5 Å². The molecule has 100 valence electrons. The molecule has 0 aromatic heterocycles. The summed E-state index contributed by atoms with van der Waals surface area (Å²) in [5.41, 5.74) is 0.741. The van der Waals surface area contributed by atoms with Gasteiger partial charge in [0.2, 0.25) is 5.91 Å². The van der Waals surface area contributed by atoms with Gasteiger partial charge in [0.05, 0.1) is 6.04 Å². The molecule has 1 aliphatic rings. The summed E-state index contributed by atoms with van der Waals surface area (Å²) in [5, 5.41) is 9.25. The highest BCUT2D eigenvalue weighted by atomic mass is 16.5. The van der Waals surface area contributed by atoms with Gasteiger partial charge in [-0.1, -0.05) is 36.4 Å². The topological polar surface area (TPSA) is 66.8 Å². The van der Waals surface area contributed by atoms with Gasteiger partial charge in [0.25, 0.3) is 0 Å². The van der Waals surface area contributed by atoms with E-state index < -0.39 is 18.1 Å². The number of amides is 1. The second kappa shape index (κ2) is 5.67. The Hall–Kier alpha value is -2.14. The van der Waals surface area contributed by atoms with Crippen LogP contribution in [0.15, 0.2) is 43.0 Å². The average molecular weight is 261 g/mol. The maximum absolute atomic E-state index is 11.9. The molecule has 2 atom stereocenters. The summed E-state index contributed by atoms with van der Waals surface area (Å²) in [6.07, 6.45) is 0.526. The molecule has 0 aliphatic carbocycles. The summed E-state index contributed by atoms with van der Waals surface area (Å²) in [6.45, 7) is 3.69. The van der Waals surface area contributed by atoms with Crippen LogP contribution in [0.2, 0.25) is 0 Å². The number of hydrogen-bond acceptors (Lipinski definition) is 3. The second-order valence-electron chi connectivity index (χ2n) is 4.26. The SMILES string of the molecule is C=CCN1C(=O)CO[C@H](C(=O)O)[C@H]1c1ccccc1. The minimum Gasteiger partial charge on any atom is -0.479 e. The Balaban J connectivity index is 2.41. The largest absolute Gasteiger partial charge is 0.479 e. The van der Waals surface area contributed by atoms with Crippen molar-refractivity contribution in [1.82, 2.24) is 4.90 Å². The van der Waals surface area contributed by atoms with Crippen LogP contribution in [0.3, 0.4) is 0 Å². The van der Waals surface area contributed by atoms with Crippen molar-refractivity contribution in [1.29, 1.82) is 0 Å². The number of carboxylic acids is 1. The first-order valence-electron chi connectivity index (χ1n) is 5.95. The van der Waals surface area contributed by atoms with Gasteiger partial charge in [-0.05, 0) is 5.56 Å². The highest BCUT2D eigenvalue weighted by molar-refractivity contribution is 5.83. The Labute approximate surface area is 111 Å². The summed E-state index contributed by atoms with van der Waals surface area (Å²) < 4.78 is 5.17. The van der Waals surface area contributed by atoms with Crippen LogP contribution in [-0.2, 0) is 14.3 Å². The van der Waals surface area contributed by atoms with Gasteiger partial charge in [0.1, 0.15) is 6.61 Å². The van der Waals surface area contributed by atoms with Crippen LogP contribution in [-0.4, -0.2) is 41.1 Å². The van der Waals surface area contributed by atoms with Gasteiger partial charge >= 0.3 is 5.97 Å². The first-order chi connectivity index (χ1) is 9.15. The molecule has 1 aromatic carbocycles. The van der Waals surface area contributed by atoms with E-state index in [0.29, 0.717) is 6.54 Å². The summed E-state index contributed by atoms with van der Waals surface area (Å²) in [6, 6.07) is 8.40. The van der Waals surface area contributed by atoms with Crippen molar-refractivity contribution in [2.24, 2.45) is 0 Å². The maximum Gasteiger partial charge on any atom is 0.335 e. The Morgan fingerprint density at radius 2 is 2.16 bits per heavy atom. The van der Waals surface area contributed by atoms with Gasteiger partial charge < -0.3 is 14.7 Å². The van der Waals surface area contributed by atoms with Gasteiger partial charge in [-0.3, -0.25) is 4.79 Å². The smallest absolute Gasteiger partial charge is 0.335 e. The van der Waals surface area contributed by atoms with E-state index in [1.54, 1.807) is 30.3 Å². The van der Waals surface area contributed by atoms with E-state index in [1.165, 1.54) is 4.90 Å². The van der Waals surface area contributed by atoms with Crippen molar-refractivity contribution in [2.45, 2.75) is 12.1 Å². The fourth-order valence-electron chi connectivity index (χ4n) is 2.22. The first-order valence-corrected chi connectivity index (χ1v) is 5.95. The number of ether oxygens (including phenoxy) is 1. The predicted molar refractivity (Wildman–Crippen MR) is 68.5 cm³/mol. The Bertz CT molecular complexity index is 485. The molecule has 1 heterocycles. The van der Waals surface area contributed by atoms with Crippen LogP contribution in [0, 0.1) is 0 Å². The lowest BCUT2D eigenvalue weighted by Gasteiger charge is -2.38. The fourth-order valence-corrected chi connectivity index (χ4v) is 2.22. The number of benzene rings is 1. The molecule has 0 bridgehead atoms. The third kappa shape index (κ3) is 2.66. The minimum atomic E-state index is -1.07. The van der Waals surface area contributed by atoms with Crippen molar-refractivity contribution in [2.75, 3.05) is 13.2 Å². The summed E-state index contributed by atoms with van der Waals surface area (Å²) >= 11 is 0. The highest BCUT2D eigenvalue weighted by Gasteiger charge is 2.41. The van der Waals surface area contributed by atoms with Gasteiger partial charge in [0.15, 0.2) is 6.10 Å². The third-order valence-electron chi connectivity index (χ3n) is 3.04. The molecule has 1 aliphatic heterocycles. The van der Waals surface area contributed by atoms with Crippen molar-refractivity contribution in [3.05, 3.63) is 48.6 Å². The number of nitrogens with zero attached hydrogens (tertiary/aromatic N) is 1. The highest BCUT2D eigenvalue weighted by Crippen LogP contribution is 2.30. The second-order valence-corrected chi connectivity index (χ2v) is 4.26. The zero-order valence-corrected chi connectivity index (χ0v) is 10.4. The molecule has 1 N–H and O–H groups in total. The van der Waals surface area contributed by atoms with Gasteiger partial charge in [-0.15, -0.1) is 6.58 Å². The van der Waals surface area contributed by atoms with Gasteiger partial charge in [-0.2, -0.15) is 0 Å². The van der Waals surface area contributed by atoms with Crippen LogP contribution in [0.4, 0.5) is 0 Å². The van der Waals surface area contributed by atoms with Crippen molar-refractivity contribution in [3.8, 4) is 0 Å². The maximum atomic E-state index is 11.9. The van der Waals surface area contributed by atoms with Crippen molar-refractivity contribution >= 4 is 11.9 Å². The zero-order chi connectivity index (χ0) is 13.8. The zero-order valence-electron chi connectivity index (χ0n) is 10.4. The van der Waals surface area contributed by atoms with Crippen LogP contribution in [0.1, 0.15) is 11.6 Å². The number of carbonyl (C=O) groups is 2. The lowest BCUT2D eigenvalue weighted by atomic mass is 9.98. The normalized spacial score (nSPS) is 23.2. The Morgan fingerprint density at radius 3 is 2.74 bits per heavy atom. The number of carbonyl (C=O) groups excluding carboxylic acids is 1. The molecule has 0 spiro atoms. The summed E-state index contributed by atoms with van der Waals surface area (Å²) in [7, 11) is 0. The van der Waals surface area contributed by atoms with E-state index >= 15 is 0 Å². The first kappa shape index (κ1) is 13.3. The molecule has 1 amide bonds. The van der Waals surface area contributed by atoms with Crippen LogP contribution < -0.4 is 0 Å². The molecule has 1 aromatic rings. The number of rotatable bonds is 4. The van der Waals surface area contributed by atoms with Gasteiger partial charge in [0, 0.05) is 6.54 Å². The molecule has 0 radical (unpaired) electrons. The molecular weight excluding hydrogens is 246 g/mol. The van der Waals surface area contributed by atoms with E-state index in [9.17, 15) is 14.7 Å². The van der Waals surface area contributed by atoms with Crippen LogP contribution in [0.5, 0.6) is 0 Å². The standard InChI is InChI=1S/C14H15NO4/c1-2-8-15-11(16)9-19-13(14(17)18)12(15)10-6-4-3-5-7-10/h2-7,12-13H,1,8-9H2,(H,17,18)/t12-,13+/m1/s1. The molecule has 2 rings (SSSR count). The lowest BCUT2D eigenvalue weighted by molar-refractivity contribution is -0.172. The molecule has 1 fully saturated rings. The fraction of sp³-hybridized carbons (Fsp3) is 0.286. The van der Waals surface area contributed by atoms with Crippen LogP contribution in [0.25, 0.3) is 0 Å². The third-order valence-corrected chi connectivity index (χ3v) is 3.04. The summed E-state index contributed by atoms with van der Waals surface area (Å²) in [4.78, 5) is 24.7. The molecular formula is C14H15NO4. The number of aliphatic carboxylic acids is 1. The molecule has 19 heavy (non-hydrogen) atoms. The van der Waals surface area contributed by atoms with E-state index in [0.717, 1.165) is 5.56 Å². The number of hydrogen-bond donors (Lipinski definition) is 1. The van der Waals surface area contributed by atoms with E-state index in [2.05, 4.69) is 6.58 Å². The Kier molecular flexibility index (Phi) is 3.97. The molecule has 0 saturated carbocycles. The monoisotopic (exact) mass is 261 g/mol. The quantitative estimate of drug-likeness (QED) is 0.828. The number of morpholine rings is 1. The predicted octanol–water partition coefficient (Wildman–Crippen LogP) is 1.23.